The molecular formula is C12H16F2O2. The molecule has 0 spiro atoms. The first-order valence-corrected chi connectivity index (χ1v) is 5.55. The zero-order chi connectivity index (χ0) is 12.1. The van der Waals surface area contributed by atoms with Crippen molar-refractivity contribution in [3.8, 4) is 0 Å². The van der Waals surface area contributed by atoms with Gasteiger partial charge in [0, 0.05) is 6.42 Å². The normalized spacial score (nSPS) is 31.6. The molecule has 0 heterocycles. The summed E-state index contributed by atoms with van der Waals surface area (Å²) in [5, 5.41) is 8.42. The highest BCUT2D eigenvalue weighted by Crippen LogP contribution is 2.60. The fourth-order valence-corrected chi connectivity index (χ4v) is 3.01. The average molecular weight is 230 g/mol. The van der Waals surface area contributed by atoms with Crippen LogP contribution in [0.2, 0.25) is 0 Å². The summed E-state index contributed by atoms with van der Waals surface area (Å²) < 4.78 is 26.3. The second kappa shape index (κ2) is 3.28. The summed E-state index contributed by atoms with van der Waals surface area (Å²) in [7, 11) is 0. The van der Waals surface area contributed by atoms with Gasteiger partial charge in [0.25, 0.3) is 0 Å². The molecule has 0 aliphatic heterocycles. The van der Waals surface area contributed by atoms with Gasteiger partial charge in [0.2, 0.25) is 0 Å². The quantitative estimate of drug-likeness (QED) is 0.756. The number of alkyl halides is 2. The average Bonchev–Trinajstić information content (AvgIpc) is 2.16. The first-order valence-electron chi connectivity index (χ1n) is 5.55. The van der Waals surface area contributed by atoms with Crippen LogP contribution in [0.3, 0.4) is 0 Å². The highest BCUT2D eigenvalue weighted by molar-refractivity contribution is 5.75. The molecular weight excluding hydrogens is 214 g/mol. The van der Waals surface area contributed by atoms with E-state index in [1.807, 2.05) is 6.08 Å². The third kappa shape index (κ3) is 1.55. The minimum absolute atomic E-state index is 0.0681. The summed E-state index contributed by atoms with van der Waals surface area (Å²) in [6.07, 6.45) is 2.95. The topological polar surface area (TPSA) is 37.3 Å². The molecule has 0 aromatic carbocycles. The Kier molecular flexibility index (Phi) is 2.37. The van der Waals surface area contributed by atoms with Crippen LogP contribution in [-0.2, 0) is 4.79 Å². The highest BCUT2D eigenvalue weighted by Gasteiger charge is 2.53. The van der Waals surface area contributed by atoms with Crippen LogP contribution in [0, 0.1) is 17.3 Å². The zero-order valence-electron chi connectivity index (χ0n) is 9.46. The number of halogens is 2. The summed E-state index contributed by atoms with van der Waals surface area (Å²) in [5.74, 6) is -4.91. The molecule has 2 nitrogen and oxygen atoms in total. The minimum atomic E-state index is -3.62. The van der Waals surface area contributed by atoms with Gasteiger partial charge >= 0.3 is 11.9 Å². The zero-order valence-corrected chi connectivity index (χ0v) is 9.46. The van der Waals surface area contributed by atoms with Crippen molar-refractivity contribution >= 4 is 5.97 Å². The lowest BCUT2D eigenvalue weighted by molar-refractivity contribution is -0.165. The van der Waals surface area contributed by atoms with Crippen LogP contribution >= 0.6 is 0 Å². The molecule has 3 rings (SSSR count). The Labute approximate surface area is 93.3 Å². The van der Waals surface area contributed by atoms with Gasteiger partial charge in [0.1, 0.15) is 0 Å². The van der Waals surface area contributed by atoms with Crippen LogP contribution in [-0.4, -0.2) is 17.0 Å². The maximum absolute atomic E-state index is 13.1. The molecule has 2 bridgehead atoms. The SMILES string of the molecule is CC1(C)C2CC=C(CC(F)(F)C(=O)O)C1C2. The molecule has 4 heteroatoms. The van der Waals surface area contributed by atoms with Gasteiger partial charge in [0.05, 0.1) is 0 Å². The smallest absolute Gasteiger partial charge is 0.374 e. The summed E-state index contributed by atoms with van der Waals surface area (Å²) in [6.45, 7) is 4.16. The van der Waals surface area contributed by atoms with Crippen molar-refractivity contribution in [2.75, 3.05) is 0 Å². The maximum Gasteiger partial charge on any atom is 0.374 e. The highest BCUT2D eigenvalue weighted by atomic mass is 19.3. The first kappa shape index (κ1) is 11.6. The fraction of sp³-hybridized carbons (Fsp3) is 0.750. The molecule has 1 fully saturated rings. The Hall–Kier alpha value is -0.930. The van der Waals surface area contributed by atoms with Crippen molar-refractivity contribution in [2.24, 2.45) is 17.3 Å². The molecule has 0 aromatic rings. The van der Waals surface area contributed by atoms with Crippen molar-refractivity contribution in [3.63, 3.8) is 0 Å². The van der Waals surface area contributed by atoms with Crippen molar-refractivity contribution in [1.29, 1.82) is 0 Å². The van der Waals surface area contributed by atoms with Crippen LogP contribution in [0.4, 0.5) is 8.78 Å². The second-order valence-corrected chi connectivity index (χ2v) is 5.51. The number of rotatable bonds is 3. The van der Waals surface area contributed by atoms with E-state index in [1.165, 1.54) is 0 Å². The summed E-state index contributed by atoms with van der Waals surface area (Å²) in [6, 6.07) is 0. The van der Waals surface area contributed by atoms with E-state index in [2.05, 4.69) is 13.8 Å². The summed E-state index contributed by atoms with van der Waals surface area (Å²) in [4.78, 5) is 10.4. The van der Waals surface area contributed by atoms with Gasteiger partial charge in [-0.15, -0.1) is 0 Å². The van der Waals surface area contributed by atoms with E-state index in [0.29, 0.717) is 11.5 Å². The van der Waals surface area contributed by atoms with Crippen LogP contribution in [0.1, 0.15) is 33.1 Å². The third-order valence-electron chi connectivity index (χ3n) is 4.32. The Morgan fingerprint density at radius 2 is 2.25 bits per heavy atom. The van der Waals surface area contributed by atoms with Crippen molar-refractivity contribution in [1.82, 2.24) is 0 Å². The number of aliphatic carboxylic acids is 1. The van der Waals surface area contributed by atoms with Gasteiger partial charge in [0.15, 0.2) is 0 Å². The van der Waals surface area contributed by atoms with Gasteiger partial charge in [-0.3, -0.25) is 0 Å². The van der Waals surface area contributed by atoms with E-state index in [-0.39, 0.29) is 11.3 Å². The minimum Gasteiger partial charge on any atom is -0.477 e. The maximum atomic E-state index is 13.1. The lowest BCUT2D eigenvalue weighted by Crippen LogP contribution is -2.49. The summed E-state index contributed by atoms with van der Waals surface area (Å²) in [5.41, 5.74) is 0.707. The number of carbonyl (C=O) groups is 1. The number of hydrogen-bond donors (Lipinski definition) is 1. The number of hydrogen-bond acceptors (Lipinski definition) is 1. The van der Waals surface area contributed by atoms with E-state index >= 15 is 0 Å². The lowest BCUT2D eigenvalue weighted by atomic mass is 9.48. The first-order chi connectivity index (χ1) is 7.25. The molecule has 16 heavy (non-hydrogen) atoms. The largest absolute Gasteiger partial charge is 0.477 e. The van der Waals surface area contributed by atoms with Crippen molar-refractivity contribution in [2.45, 2.75) is 39.0 Å². The molecule has 3 aliphatic rings. The Balaban J connectivity index is 2.13. The van der Waals surface area contributed by atoms with Gasteiger partial charge in [-0.1, -0.05) is 25.5 Å². The molecule has 3 aliphatic carbocycles. The van der Waals surface area contributed by atoms with Gasteiger partial charge in [-0.05, 0) is 30.1 Å². The number of fused-ring (bicyclic) bond motifs is 1. The standard InChI is InChI=1S/C12H16F2O2/c1-11(2)8-4-3-7(9(11)5-8)6-12(13,14)10(15)16/h3,8-9H,4-6H2,1-2H3,(H,15,16). The van der Waals surface area contributed by atoms with Gasteiger partial charge in [-0.25, -0.2) is 4.79 Å². The number of carboxylic acids is 1. The van der Waals surface area contributed by atoms with E-state index in [4.69, 9.17) is 5.11 Å². The predicted molar refractivity (Wildman–Crippen MR) is 55.3 cm³/mol. The van der Waals surface area contributed by atoms with E-state index in [9.17, 15) is 13.6 Å². The molecule has 90 valence electrons. The predicted octanol–water partition coefficient (Wildman–Crippen LogP) is 3.09. The molecule has 1 saturated carbocycles. The fourth-order valence-electron chi connectivity index (χ4n) is 3.01. The monoisotopic (exact) mass is 230 g/mol. The van der Waals surface area contributed by atoms with Crippen molar-refractivity contribution in [3.05, 3.63) is 11.6 Å². The van der Waals surface area contributed by atoms with Gasteiger partial charge < -0.3 is 5.11 Å². The molecule has 2 atom stereocenters. The lowest BCUT2D eigenvalue weighted by Gasteiger charge is -2.56. The van der Waals surface area contributed by atoms with E-state index in [1.54, 1.807) is 0 Å². The molecule has 0 aromatic heterocycles. The van der Waals surface area contributed by atoms with E-state index in [0.717, 1.165) is 12.8 Å². The molecule has 0 amide bonds. The van der Waals surface area contributed by atoms with Crippen LogP contribution < -0.4 is 0 Å². The Bertz CT molecular complexity index is 358. The van der Waals surface area contributed by atoms with Crippen LogP contribution in [0.25, 0.3) is 0 Å². The molecule has 2 unspecified atom stereocenters. The molecule has 0 radical (unpaired) electrons. The van der Waals surface area contributed by atoms with E-state index < -0.39 is 18.3 Å². The van der Waals surface area contributed by atoms with Gasteiger partial charge in [-0.2, -0.15) is 8.78 Å². The Morgan fingerprint density at radius 3 is 2.69 bits per heavy atom. The summed E-state index contributed by atoms with van der Waals surface area (Å²) >= 11 is 0. The van der Waals surface area contributed by atoms with Crippen LogP contribution in [0.15, 0.2) is 11.6 Å². The number of allylic oxidation sites excluding steroid dienone is 2. The number of carboxylic acid groups (broad SMARTS) is 1. The molecule has 1 N–H and O–H groups in total. The second-order valence-electron chi connectivity index (χ2n) is 5.51. The van der Waals surface area contributed by atoms with Crippen LogP contribution in [0.5, 0.6) is 0 Å². The molecule has 0 saturated heterocycles. The van der Waals surface area contributed by atoms with Crippen molar-refractivity contribution < 1.29 is 18.7 Å². The third-order valence-corrected chi connectivity index (χ3v) is 4.32. The Morgan fingerprint density at radius 1 is 1.62 bits per heavy atom.